The molecule has 0 amide bonds. The molecule has 0 bridgehead atoms. The molecule has 12 nitrogen and oxygen atoms in total. The van der Waals surface area contributed by atoms with Gasteiger partial charge in [0, 0.05) is 46.9 Å². The Morgan fingerprint density at radius 3 is 1.87 bits per heavy atom. The number of hydrogen-bond acceptors (Lipinski definition) is 11. The molecule has 2 heterocycles. The van der Waals surface area contributed by atoms with E-state index in [9.17, 15) is 0 Å². The van der Waals surface area contributed by atoms with Gasteiger partial charge in [0.15, 0.2) is 0 Å². The number of rotatable bonds is 16. The number of aromatic nitrogens is 4. The van der Waals surface area contributed by atoms with E-state index in [4.69, 9.17) is 24.0 Å². The van der Waals surface area contributed by atoms with Crippen molar-refractivity contribution in [3.63, 3.8) is 0 Å². The number of benzene rings is 4. The topological polar surface area (TPSA) is 121 Å². The van der Waals surface area contributed by atoms with E-state index in [1.54, 1.807) is 21.3 Å². The van der Waals surface area contributed by atoms with Crippen LogP contribution in [-0.2, 0) is 34.4 Å². The highest BCUT2D eigenvalue weighted by Crippen LogP contribution is 2.40. The summed E-state index contributed by atoms with van der Waals surface area (Å²) < 4.78 is 54.4. The number of nitrogens with zero attached hydrogens (tertiary/aromatic N) is 6. The number of sulfonamides is 1. The smallest absolute Gasteiger partial charge is 0.245 e. The number of tetrazole rings is 1. The molecule has 0 unspecified atom stereocenters. The third-order valence-electron chi connectivity index (χ3n) is 8.63. The SMILES string of the molecule is COc1ccc(CN(Cc2ccc(OC)cc2)S(=O)(=O)c2c(SCCN3CCOCC3)ccc(I)c2-c2nnn(Cc3ccc(OC)cc3)n2)cc1. The highest BCUT2D eigenvalue weighted by atomic mass is 127. The van der Waals surface area contributed by atoms with Crippen LogP contribution in [0, 0.1) is 3.57 Å². The lowest BCUT2D eigenvalue weighted by molar-refractivity contribution is 0.0410. The van der Waals surface area contributed by atoms with Gasteiger partial charge in [0.1, 0.15) is 22.1 Å². The van der Waals surface area contributed by atoms with Crippen LogP contribution in [0.5, 0.6) is 17.2 Å². The Morgan fingerprint density at radius 1 is 0.788 bits per heavy atom. The summed E-state index contributed by atoms with van der Waals surface area (Å²) in [5.41, 5.74) is 3.00. The van der Waals surface area contributed by atoms with Crippen LogP contribution in [0.1, 0.15) is 16.7 Å². The van der Waals surface area contributed by atoms with E-state index in [1.807, 2.05) is 84.9 Å². The van der Waals surface area contributed by atoms with Crippen molar-refractivity contribution < 1.29 is 27.4 Å². The zero-order valence-electron chi connectivity index (χ0n) is 29.3. The zero-order chi connectivity index (χ0) is 36.5. The van der Waals surface area contributed by atoms with Crippen molar-refractivity contribution in [3.8, 4) is 28.6 Å². The minimum absolute atomic E-state index is 0.124. The number of methoxy groups -OCH3 is 3. The Hall–Kier alpha value is -3.74. The van der Waals surface area contributed by atoms with Gasteiger partial charge in [0.2, 0.25) is 15.8 Å². The fourth-order valence-corrected chi connectivity index (χ4v) is 9.77. The number of hydrogen-bond donors (Lipinski definition) is 0. The van der Waals surface area contributed by atoms with Gasteiger partial charge < -0.3 is 18.9 Å². The number of ether oxygens (including phenoxy) is 4. The van der Waals surface area contributed by atoms with Crippen LogP contribution in [0.2, 0.25) is 0 Å². The summed E-state index contributed by atoms with van der Waals surface area (Å²) in [6.07, 6.45) is 0. The molecule has 52 heavy (non-hydrogen) atoms. The molecular formula is C37H41IN6O6S2. The van der Waals surface area contributed by atoms with Gasteiger partial charge in [-0.15, -0.1) is 22.0 Å². The first kappa shape index (κ1) is 38.0. The zero-order valence-corrected chi connectivity index (χ0v) is 33.1. The van der Waals surface area contributed by atoms with Crippen molar-refractivity contribution in [2.75, 3.05) is 59.9 Å². The van der Waals surface area contributed by atoms with E-state index in [2.05, 4.69) is 37.8 Å². The van der Waals surface area contributed by atoms with Crippen molar-refractivity contribution in [1.29, 1.82) is 0 Å². The van der Waals surface area contributed by atoms with Gasteiger partial charge in [0.25, 0.3) is 0 Å². The first-order valence-corrected chi connectivity index (χ1v) is 20.2. The Bertz CT molecular complexity index is 1970. The predicted octanol–water partition coefficient (Wildman–Crippen LogP) is 5.83. The van der Waals surface area contributed by atoms with Crippen LogP contribution in [-0.4, -0.2) is 97.8 Å². The molecule has 1 aliphatic rings. The largest absolute Gasteiger partial charge is 0.497 e. The van der Waals surface area contributed by atoms with Crippen molar-refractivity contribution in [2.45, 2.75) is 29.4 Å². The lowest BCUT2D eigenvalue weighted by Crippen LogP contribution is -2.37. The highest BCUT2D eigenvalue weighted by molar-refractivity contribution is 14.1. The Morgan fingerprint density at radius 2 is 1.33 bits per heavy atom. The van der Waals surface area contributed by atoms with Gasteiger partial charge in [-0.2, -0.15) is 9.10 Å². The van der Waals surface area contributed by atoms with Crippen molar-refractivity contribution in [1.82, 2.24) is 29.4 Å². The number of morpholine rings is 1. The third-order valence-corrected chi connectivity index (χ3v) is 12.6. The van der Waals surface area contributed by atoms with E-state index in [1.165, 1.54) is 20.9 Å². The van der Waals surface area contributed by atoms with Gasteiger partial charge in [-0.25, -0.2) is 8.42 Å². The quantitative estimate of drug-likeness (QED) is 0.0881. The summed E-state index contributed by atoms with van der Waals surface area (Å²) in [6, 6.07) is 26.3. The molecule has 0 radical (unpaired) electrons. The lowest BCUT2D eigenvalue weighted by atomic mass is 10.2. The molecule has 274 valence electrons. The second kappa shape index (κ2) is 17.9. The summed E-state index contributed by atoms with van der Waals surface area (Å²) in [4.78, 5) is 4.61. The minimum Gasteiger partial charge on any atom is -0.497 e. The number of thioether (sulfide) groups is 1. The number of halogens is 1. The van der Waals surface area contributed by atoms with Gasteiger partial charge in [-0.1, -0.05) is 36.4 Å². The van der Waals surface area contributed by atoms with Gasteiger partial charge >= 0.3 is 0 Å². The molecule has 0 saturated carbocycles. The summed E-state index contributed by atoms with van der Waals surface area (Å²) in [5.74, 6) is 3.06. The second-order valence-electron chi connectivity index (χ2n) is 12.0. The van der Waals surface area contributed by atoms with Crippen molar-refractivity contribution in [2.24, 2.45) is 0 Å². The first-order valence-electron chi connectivity index (χ1n) is 16.7. The molecule has 1 aliphatic heterocycles. The average Bonchev–Trinajstić information content (AvgIpc) is 3.64. The maximum absolute atomic E-state index is 15.3. The monoisotopic (exact) mass is 856 g/mol. The van der Waals surface area contributed by atoms with E-state index in [0.29, 0.717) is 51.0 Å². The predicted molar refractivity (Wildman–Crippen MR) is 208 cm³/mol. The van der Waals surface area contributed by atoms with Crippen LogP contribution < -0.4 is 14.2 Å². The summed E-state index contributed by atoms with van der Waals surface area (Å²) in [7, 11) is 0.639. The summed E-state index contributed by atoms with van der Waals surface area (Å²) in [6.45, 7) is 4.49. The molecule has 1 fully saturated rings. The Balaban J connectivity index is 1.41. The fourth-order valence-electron chi connectivity index (χ4n) is 5.76. The van der Waals surface area contributed by atoms with Crippen LogP contribution in [0.25, 0.3) is 11.4 Å². The van der Waals surface area contributed by atoms with Crippen molar-refractivity contribution in [3.05, 3.63) is 105 Å². The maximum Gasteiger partial charge on any atom is 0.245 e. The molecule has 4 aromatic carbocycles. The molecule has 0 spiro atoms. The molecule has 0 aliphatic carbocycles. The van der Waals surface area contributed by atoms with Crippen LogP contribution in [0.3, 0.4) is 0 Å². The molecule has 5 aromatic rings. The van der Waals surface area contributed by atoms with Gasteiger partial charge in [-0.3, -0.25) is 4.90 Å². The van der Waals surface area contributed by atoms with Gasteiger partial charge in [0.05, 0.1) is 46.7 Å². The van der Waals surface area contributed by atoms with Crippen LogP contribution in [0.15, 0.2) is 94.7 Å². The van der Waals surface area contributed by atoms with Crippen LogP contribution in [0.4, 0.5) is 0 Å². The summed E-state index contributed by atoms with van der Waals surface area (Å²) in [5, 5.41) is 13.5. The third kappa shape index (κ3) is 9.43. The Labute approximate surface area is 322 Å². The van der Waals surface area contributed by atoms with E-state index < -0.39 is 10.0 Å². The molecule has 6 rings (SSSR count). The normalized spacial score (nSPS) is 13.7. The van der Waals surface area contributed by atoms with E-state index >= 15 is 8.42 Å². The lowest BCUT2D eigenvalue weighted by Gasteiger charge is -2.27. The minimum atomic E-state index is -4.19. The standard InChI is InChI=1S/C37H41IN6O6S2/c1-47-30-10-4-27(5-11-30)24-43(25-28-6-12-31(48-2)13-7-28)52(45,46)36-34(51-23-20-42-18-21-50-22-19-42)17-16-33(38)35(36)37-39-41-44(40-37)26-29-8-14-32(49-3)15-9-29/h4-17H,18-26H2,1-3H3. The molecule has 1 aromatic heterocycles. The molecule has 0 N–H and O–H groups in total. The maximum atomic E-state index is 15.3. The first-order chi connectivity index (χ1) is 25.3. The van der Waals surface area contributed by atoms with E-state index in [-0.39, 0.29) is 23.8 Å². The fraction of sp³-hybridized carbons (Fsp3) is 0.324. The highest BCUT2D eigenvalue weighted by Gasteiger charge is 2.34. The molecule has 15 heteroatoms. The summed E-state index contributed by atoms with van der Waals surface area (Å²) >= 11 is 3.69. The van der Waals surface area contributed by atoms with E-state index in [0.717, 1.165) is 42.1 Å². The average molecular weight is 857 g/mol. The Kier molecular flexibility index (Phi) is 13.0. The van der Waals surface area contributed by atoms with Crippen LogP contribution >= 0.6 is 34.4 Å². The molecule has 1 saturated heterocycles. The second-order valence-corrected chi connectivity index (χ2v) is 16.2. The molecule has 0 atom stereocenters. The molecular weight excluding hydrogens is 815 g/mol. The van der Waals surface area contributed by atoms with Gasteiger partial charge in [-0.05, 0) is 93.0 Å². The van der Waals surface area contributed by atoms with Crippen molar-refractivity contribution >= 4 is 44.4 Å².